The van der Waals surface area contributed by atoms with Crippen LogP contribution in [0.2, 0.25) is 0 Å². The summed E-state index contributed by atoms with van der Waals surface area (Å²) in [4.78, 5) is 14.0. The first kappa shape index (κ1) is 13.6. The summed E-state index contributed by atoms with van der Waals surface area (Å²) in [5.41, 5.74) is 10.3. The second-order valence-electron chi connectivity index (χ2n) is 5.44. The van der Waals surface area contributed by atoms with Crippen molar-refractivity contribution in [2.45, 2.75) is 26.3 Å². The van der Waals surface area contributed by atoms with E-state index in [4.69, 9.17) is 5.73 Å². The van der Waals surface area contributed by atoms with E-state index in [1.54, 1.807) is 11.0 Å². The number of hydrogen-bond donors (Lipinski definition) is 1. The van der Waals surface area contributed by atoms with Crippen molar-refractivity contribution in [3.63, 3.8) is 0 Å². The Morgan fingerprint density at radius 1 is 1.19 bits per heavy atom. The Morgan fingerprint density at radius 2 is 2.00 bits per heavy atom. The van der Waals surface area contributed by atoms with Gasteiger partial charge in [0.2, 0.25) is 5.91 Å². The Bertz CT molecular complexity index is 712. The number of nitrogens with zero attached hydrogens (tertiary/aromatic N) is 1. The number of carbonyl (C=O) groups is 1. The molecular formula is C17H17FN2O. The molecule has 0 saturated carbocycles. The molecule has 0 unspecified atom stereocenters. The van der Waals surface area contributed by atoms with Gasteiger partial charge in [-0.15, -0.1) is 0 Å². The monoisotopic (exact) mass is 284 g/mol. The number of aryl methyl sites for hydroxylation is 2. The third-order valence-corrected chi connectivity index (χ3v) is 3.94. The molecule has 108 valence electrons. The molecule has 0 spiro atoms. The topological polar surface area (TPSA) is 46.3 Å². The minimum Gasteiger partial charge on any atom is -0.399 e. The lowest BCUT2D eigenvalue weighted by Crippen LogP contribution is -2.34. The van der Waals surface area contributed by atoms with Crippen molar-refractivity contribution in [3.8, 4) is 0 Å². The van der Waals surface area contributed by atoms with Gasteiger partial charge in [-0.2, -0.15) is 0 Å². The van der Waals surface area contributed by atoms with E-state index >= 15 is 0 Å². The number of halogens is 1. The maximum absolute atomic E-state index is 13.2. The Balaban J connectivity index is 1.96. The van der Waals surface area contributed by atoms with Gasteiger partial charge in [0.1, 0.15) is 5.82 Å². The van der Waals surface area contributed by atoms with Gasteiger partial charge in [0, 0.05) is 17.8 Å². The van der Waals surface area contributed by atoms with E-state index in [0.29, 0.717) is 18.7 Å². The van der Waals surface area contributed by atoms with E-state index in [-0.39, 0.29) is 11.7 Å². The Morgan fingerprint density at radius 3 is 2.76 bits per heavy atom. The smallest absolute Gasteiger partial charge is 0.227 e. The lowest BCUT2D eigenvalue weighted by atomic mass is 9.99. The number of nitrogens with two attached hydrogens (primary N) is 1. The molecule has 0 radical (unpaired) electrons. The molecule has 0 saturated heterocycles. The van der Waals surface area contributed by atoms with Crippen LogP contribution in [0.4, 0.5) is 15.8 Å². The summed E-state index contributed by atoms with van der Waals surface area (Å²) in [5, 5.41) is 0. The molecule has 0 bridgehead atoms. The van der Waals surface area contributed by atoms with E-state index in [1.165, 1.54) is 12.1 Å². The van der Waals surface area contributed by atoms with Crippen LogP contribution in [0.5, 0.6) is 0 Å². The normalized spacial score (nSPS) is 14.2. The highest BCUT2D eigenvalue weighted by Crippen LogP contribution is 2.31. The number of anilines is 2. The van der Waals surface area contributed by atoms with Gasteiger partial charge in [0.25, 0.3) is 0 Å². The van der Waals surface area contributed by atoms with Crippen molar-refractivity contribution >= 4 is 17.3 Å². The zero-order chi connectivity index (χ0) is 15.0. The minimum absolute atomic E-state index is 0.0935. The summed E-state index contributed by atoms with van der Waals surface area (Å²) in [7, 11) is 0. The van der Waals surface area contributed by atoms with Crippen molar-refractivity contribution in [1.29, 1.82) is 0 Å². The van der Waals surface area contributed by atoms with Gasteiger partial charge >= 0.3 is 0 Å². The molecule has 0 fully saturated rings. The van der Waals surface area contributed by atoms with Crippen molar-refractivity contribution in [1.82, 2.24) is 0 Å². The van der Waals surface area contributed by atoms with Crippen LogP contribution >= 0.6 is 0 Å². The zero-order valence-electron chi connectivity index (χ0n) is 11.9. The largest absolute Gasteiger partial charge is 0.399 e. The summed E-state index contributed by atoms with van der Waals surface area (Å²) in [6, 6.07) is 10.3. The van der Waals surface area contributed by atoms with Crippen molar-refractivity contribution in [2.24, 2.45) is 0 Å². The predicted octanol–water partition coefficient (Wildman–Crippen LogP) is 3.20. The van der Waals surface area contributed by atoms with E-state index in [1.807, 2.05) is 25.1 Å². The summed E-state index contributed by atoms with van der Waals surface area (Å²) >= 11 is 0. The molecule has 1 amide bonds. The molecule has 4 heteroatoms. The number of rotatable bonds is 2. The molecular weight excluding hydrogens is 267 g/mol. The highest BCUT2D eigenvalue weighted by Gasteiger charge is 2.24. The summed E-state index contributed by atoms with van der Waals surface area (Å²) in [5.74, 6) is -0.162. The molecule has 2 aromatic rings. The lowest BCUT2D eigenvalue weighted by Gasteiger charge is -2.30. The van der Waals surface area contributed by atoms with Crippen LogP contribution in [-0.2, 0) is 17.8 Å². The molecule has 0 atom stereocenters. The van der Waals surface area contributed by atoms with E-state index < -0.39 is 0 Å². The first-order valence-corrected chi connectivity index (χ1v) is 6.98. The maximum Gasteiger partial charge on any atom is 0.227 e. The molecule has 2 aromatic carbocycles. The Hall–Kier alpha value is -2.36. The van der Waals surface area contributed by atoms with Gasteiger partial charge in [-0.3, -0.25) is 4.79 Å². The molecule has 3 nitrogen and oxygen atoms in total. The van der Waals surface area contributed by atoms with Gasteiger partial charge in [-0.05, 0) is 60.4 Å². The van der Waals surface area contributed by atoms with Gasteiger partial charge in [0.05, 0.1) is 6.54 Å². The third kappa shape index (κ3) is 2.61. The highest BCUT2D eigenvalue weighted by molar-refractivity contribution is 5.96. The molecule has 21 heavy (non-hydrogen) atoms. The van der Waals surface area contributed by atoms with Crippen molar-refractivity contribution < 1.29 is 9.18 Å². The number of amides is 1. The molecule has 1 heterocycles. The van der Waals surface area contributed by atoms with Crippen LogP contribution in [0.25, 0.3) is 0 Å². The highest BCUT2D eigenvalue weighted by atomic mass is 19.1. The molecule has 3 rings (SSSR count). The second kappa shape index (κ2) is 5.20. The van der Waals surface area contributed by atoms with Gasteiger partial charge in [-0.25, -0.2) is 4.39 Å². The van der Waals surface area contributed by atoms with Crippen molar-refractivity contribution in [3.05, 3.63) is 58.9 Å². The van der Waals surface area contributed by atoms with E-state index in [2.05, 4.69) is 0 Å². The SMILES string of the molecule is Cc1cc(F)ccc1CN1C(=O)CCc2cc(N)ccc21. The van der Waals surface area contributed by atoms with E-state index in [0.717, 1.165) is 28.8 Å². The Kier molecular flexibility index (Phi) is 3.37. The third-order valence-electron chi connectivity index (χ3n) is 3.94. The Labute approximate surface area is 123 Å². The molecule has 2 N–H and O–H groups in total. The lowest BCUT2D eigenvalue weighted by molar-refractivity contribution is -0.119. The number of carbonyl (C=O) groups excluding carboxylic acids is 1. The second-order valence-corrected chi connectivity index (χ2v) is 5.44. The van der Waals surface area contributed by atoms with Crippen molar-refractivity contribution in [2.75, 3.05) is 10.6 Å². The van der Waals surface area contributed by atoms with Gasteiger partial charge < -0.3 is 10.6 Å². The van der Waals surface area contributed by atoms with E-state index in [9.17, 15) is 9.18 Å². The first-order valence-electron chi connectivity index (χ1n) is 6.98. The number of nitrogen functional groups attached to an aromatic ring is 1. The number of hydrogen-bond acceptors (Lipinski definition) is 2. The average Bonchev–Trinajstić information content (AvgIpc) is 2.44. The van der Waals surface area contributed by atoms with Crippen LogP contribution in [0.1, 0.15) is 23.1 Å². The number of fused-ring (bicyclic) bond motifs is 1. The first-order chi connectivity index (χ1) is 10.0. The standard InChI is InChI=1S/C17H17FN2O/c1-11-8-14(18)4-2-13(11)10-20-16-6-5-15(19)9-12(16)3-7-17(20)21/h2,4-6,8-9H,3,7,10,19H2,1H3. The minimum atomic E-state index is -0.255. The van der Waals surface area contributed by atoms with Crippen LogP contribution in [0.3, 0.4) is 0 Å². The molecule has 0 aromatic heterocycles. The van der Waals surface area contributed by atoms with Gasteiger partial charge in [-0.1, -0.05) is 6.07 Å². The average molecular weight is 284 g/mol. The fourth-order valence-electron chi connectivity index (χ4n) is 2.76. The fourth-order valence-corrected chi connectivity index (χ4v) is 2.76. The predicted molar refractivity (Wildman–Crippen MR) is 81.5 cm³/mol. The fraction of sp³-hybridized carbons (Fsp3) is 0.235. The van der Waals surface area contributed by atoms with Crippen LogP contribution < -0.4 is 10.6 Å². The molecule has 1 aliphatic rings. The van der Waals surface area contributed by atoms with Crippen LogP contribution in [0, 0.1) is 12.7 Å². The molecule has 0 aliphatic carbocycles. The van der Waals surface area contributed by atoms with Crippen LogP contribution in [-0.4, -0.2) is 5.91 Å². The summed E-state index contributed by atoms with van der Waals surface area (Å²) in [6.45, 7) is 2.32. The van der Waals surface area contributed by atoms with Crippen LogP contribution in [0.15, 0.2) is 36.4 Å². The summed E-state index contributed by atoms with van der Waals surface area (Å²) < 4.78 is 13.2. The zero-order valence-corrected chi connectivity index (χ0v) is 11.9. The van der Waals surface area contributed by atoms with Gasteiger partial charge in [0.15, 0.2) is 0 Å². The quantitative estimate of drug-likeness (QED) is 0.861. The maximum atomic E-state index is 13.2. The molecule has 1 aliphatic heterocycles. The number of benzene rings is 2. The summed E-state index contributed by atoms with van der Waals surface area (Å²) in [6.07, 6.45) is 1.20.